The molecule has 0 aliphatic carbocycles. The molecule has 3 nitrogen and oxygen atoms in total. The summed E-state index contributed by atoms with van der Waals surface area (Å²) in [6.07, 6.45) is 0. The van der Waals surface area contributed by atoms with E-state index in [-0.39, 0.29) is 5.91 Å². The van der Waals surface area contributed by atoms with Crippen LogP contribution in [0.5, 0.6) is 0 Å². The van der Waals surface area contributed by atoms with Crippen LogP contribution in [0.3, 0.4) is 0 Å². The van der Waals surface area contributed by atoms with E-state index < -0.39 is 0 Å². The number of carbonyl (C=O) groups excluding carboxylic acids is 1. The van der Waals surface area contributed by atoms with Crippen LogP contribution in [0.15, 0.2) is 53.0 Å². The largest absolute Gasteiger partial charge is 0.389 e. The number of nitrogens with zero attached hydrogens (tertiary/aromatic N) is 1. The van der Waals surface area contributed by atoms with Crippen molar-refractivity contribution in [3.63, 3.8) is 0 Å². The van der Waals surface area contributed by atoms with E-state index in [1.54, 1.807) is 18.0 Å². The number of hydrogen-bond donors (Lipinski definition) is 1. The lowest BCUT2D eigenvalue weighted by Gasteiger charge is -2.18. The molecule has 0 saturated heterocycles. The maximum atomic E-state index is 12.4. The second-order valence-corrected chi connectivity index (χ2v) is 6.09. The first-order valence-electron chi connectivity index (χ1n) is 6.37. The van der Waals surface area contributed by atoms with Crippen LogP contribution >= 0.6 is 28.1 Å². The maximum Gasteiger partial charge on any atom is 0.253 e. The smallest absolute Gasteiger partial charge is 0.253 e. The summed E-state index contributed by atoms with van der Waals surface area (Å²) >= 11 is 8.34. The number of amides is 1. The third-order valence-electron chi connectivity index (χ3n) is 3.05. The summed E-state index contributed by atoms with van der Waals surface area (Å²) in [5.41, 5.74) is 8.08. The summed E-state index contributed by atoms with van der Waals surface area (Å²) in [5, 5.41) is 0. The van der Waals surface area contributed by atoms with Gasteiger partial charge in [0.2, 0.25) is 0 Å². The van der Waals surface area contributed by atoms with E-state index in [0.717, 1.165) is 15.6 Å². The number of halogens is 1. The zero-order valence-electron chi connectivity index (χ0n) is 11.5. The van der Waals surface area contributed by atoms with Crippen LogP contribution in [-0.2, 0) is 6.54 Å². The number of benzene rings is 2. The molecule has 0 atom stereocenters. The van der Waals surface area contributed by atoms with Crippen LogP contribution < -0.4 is 5.73 Å². The van der Waals surface area contributed by atoms with Gasteiger partial charge in [0.1, 0.15) is 4.99 Å². The summed E-state index contributed by atoms with van der Waals surface area (Å²) < 4.78 is 0.886. The van der Waals surface area contributed by atoms with Gasteiger partial charge in [-0.15, -0.1) is 0 Å². The van der Waals surface area contributed by atoms with Gasteiger partial charge in [-0.25, -0.2) is 0 Å². The van der Waals surface area contributed by atoms with Crippen molar-refractivity contribution in [2.45, 2.75) is 6.54 Å². The Bertz CT molecular complexity index is 687. The van der Waals surface area contributed by atoms with Gasteiger partial charge in [0.05, 0.1) is 0 Å². The quantitative estimate of drug-likeness (QED) is 0.848. The monoisotopic (exact) mass is 362 g/mol. The Kier molecular flexibility index (Phi) is 5.09. The molecule has 0 aromatic heterocycles. The van der Waals surface area contributed by atoms with Gasteiger partial charge in [-0.1, -0.05) is 52.4 Å². The summed E-state index contributed by atoms with van der Waals surface area (Å²) in [6, 6.07) is 15.0. The van der Waals surface area contributed by atoms with Crippen LogP contribution in [0.1, 0.15) is 21.5 Å². The van der Waals surface area contributed by atoms with Crippen molar-refractivity contribution in [2.24, 2.45) is 5.73 Å². The first kappa shape index (κ1) is 15.7. The molecule has 0 saturated carbocycles. The molecule has 2 rings (SSSR count). The Morgan fingerprint density at radius 3 is 2.52 bits per heavy atom. The zero-order valence-corrected chi connectivity index (χ0v) is 13.9. The van der Waals surface area contributed by atoms with Gasteiger partial charge < -0.3 is 10.6 Å². The van der Waals surface area contributed by atoms with Crippen molar-refractivity contribution in [3.05, 3.63) is 69.7 Å². The minimum atomic E-state index is -0.0305. The molecule has 0 bridgehead atoms. The third kappa shape index (κ3) is 4.12. The van der Waals surface area contributed by atoms with E-state index in [1.165, 1.54) is 0 Å². The fraction of sp³-hybridized carbons (Fsp3) is 0.125. The molecule has 5 heteroatoms. The molecule has 0 fully saturated rings. The zero-order chi connectivity index (χ0) is 15.4. The molecule has 1 amide bonds. The van der Waals surface area contributed by atoms with Crippen LogP contribution in [-0.4, -0.2) is 22.8 Å². The van der Waals surface area contributed by atoms with Gasteiger partial charge in [-0.05, 0) is 29.8 Å². The third-order valence-corrected chi connectivity index (χ3v) is 3.78. The highest BCUT2D eigenvalue weighted by Gasteiger charge is 2.12. The molecule has 2 aromatic rings. The predicted octanol–water partition coefficient (Wildman–Crippen LogP) is 3.36. The molecule has 0 radical (unpaired) electrons. The van der Waals surface area contributed by atoms with Crippen LogP contribution in [0, 0.1) is 0 Å². The Hall–Kier alpha value is -1.72. The second-order valence-electron chi connectivity index (χ2n) is 4.74. The molecule has 2 N–H and O–H groups in total. The summed E-state index contributed by atoms with van der Waals surface area (Å²) in [4.78, 5) is 14.4. The first-order chi connectivity index (χ1) is 9.97. The first-order valence-corrected chi connectivity index (χ1v) is 7.57. The van der Waals surface area contributed by atoms with E-state index >= 15 is 0 Å². The average molecular weight is 363 g/mol. The van der Waals surface area contributed by atoms with Crippen molar-refractivity contribution in [3.8, 4) is 0 Å². The summed E-state index contributed by atoms with van der Waals surface area (Å²) in [7, 11) is 1.77. The highest BCUT2D eigenvalue weighted by atomic mass is 79.9. The SMILES string of the molecule is CN(Cc1cccc(C(N)=S)c1)C(=O)c1cccc(Br)c1. The minimum absolute atomic E-state index is 0.0305. The molecular formula is C16H15BrN2OS. The van der Waals surface area contributed by atoms with Gasteiger partial charge in [-0.2, -0.15) is 0 Å². The summed E-state index contributed by atoms with van der Waals surface area (Å²) in [5.74, 6) is -0.0305. The van der Waals surface area contributed by atoms with Gasteiger partial charge in [0.25, 0.3) is 5.91 Å². The minimum Gasteiger partial charge on any atom is -0.389 e. The Labute approximate surface area is 137 Å². The van der Waals surface area contributed by atoms with E-state index in [4.69, 9.17) is 18.0 Å². The van der Waals surface area contributed by atoms with Crippen LogP contribution in [0.2, 0.25) is 0 Å². The van der Waals surface area contributed by atoms with E-state index in [2.05, 4.69) is 15.9 Å². The fourth-order valence-electron chi connectivity index (χ4n) is 2.01. The standard InChI is InChI=1S/C16H15BrN2OS/c1-19(16(20)13-6-3-7-14(17)9-13)10-11-4-2-5-12(8-11)15(18)21/h2-9H,10H2,1H3,(H2,18,21). The molecule has 2 aromatic carbocycles. The van der Waals surface area contributed by atoms with Gasteiger partial charge in [-0.3, -0.25) is 4.79 Å². The predicted molar refractivity (Wildman–Crippen MR) is 92.3 cm³/mol. The molecule has 0 heterocycles. The van der Waals surface area contributed by atoms with Gasteiger partial charge in [0, 0.05) is 29.2 Å². The van der Waals surface area contributed by atoms with Gasteiger partial charge in [0.15, 0.2) is 0 Å². The van der Waals surface area contributed by atoms with E-state index in [9.17, 15) is 4.79 Å². The van der Waals surface area contributed by atoms with E-state index in [0.29, 0.717) is 17.1 Å². The highest BCUT2D eigenvalue weighted by molar-refractivity contribution is 9.10. The maximum absolute atomic E-state index is 12.4. The van der Waals surface area contributed by atoms with Crippen LogP contribution in [0.4, 0.5) is 0 Å². The topological polar surface area (TPSA) is 46.3 Å². The molecule has 0 aliphatic heterocycles. The molecule has 0 aliphatic rings. The van der Waals surface area contributed by atoms with E-state index in [1.807, 2.05) is 42.5 Å². The Balaban J connectivity index is 2.14. The normalized spacial score (nSPS) is 10.2. The van der Waals surface area contributed by atoms with Gasteiger partial charge >= 0.3 is 0 Å². The number of rotatable bonds is 4. The Morgan fingerprint density at radius 2 is 1.86 bits per heavy atom. The van der Waals surface area contributed by atoms with Crippen LogP contribution in [0.25, 0.3) is 0 Å². The lowest BCUT2D eigenvalue weighted by Crippen LogP contribution is -2.26. The molecule has 108 valence electrons. The number of carbonyl (C=O) groups is 1. The molecule has 0 spiro atoms. The van der Waals surface area contributed by atoms with Crippen molar-refractivity contribution < 1.29 is 4.79 Å². The number of thiocarbonyl (C=S) groups is 1. The Morgan fingerprint density at radius 1 is 1.19 bits per heavy atom. The molecule has 0 unspecified atom stereocenters. The van der Waals surface area contributed by atoms with Crippen molar-refractivity contribution >= 4 is 39.0 Å². The lowest BCUT2D eigenvalue weighted by molar-refractivity contribution is 0.0785. The number of nitrogens with two attached hydrogens (primary N) is 1. The molecular weight excluding hydrogens is 348 g/mol. The fourth-order valence-corrected chi connectivity index (χ4v) is 2.54. The number of hydrogen-bond acceptors (Lipinski definition) is 2. The average Bonchev–Trinajstić information content (AvgIpc) is 2.46. The second kappa shape index (κ2) is 6.83. The van der Waals surface area contributed by atoms with Crippen molar-refractivity contribution in [1.29, 1.82) is 0 Å². The molecule has 21 heavy (non-hydrogen) atoms. The van der Waals surface area contributed by atoms with Crippen molar-refractivity contribution in [1.82, 2.24) is 4.90 Å². The van der Waals surface area contributed by atoms with Crippen molar-refractivity contribution in [2.75, 3.05) is 7.05 Å². The highest BCUT2D eigenvalue weighted by Crippen LogP contribution is 2.15. The summed E-state index contributed by atoms with van der Waals surface area (Å²) in [6.45, 7) is 0.502. The lowest BCUT2D eigenvalue weighted by atomic mass is 10.1.